The number of carbonyl (C=O) groups excluding carboxylic acids is 1. The highest BCUT2D eigenvalue weighted by molar-refractivity contribution is 7.12. The van der Waals surface area contributed by atoms with E-state index < -0.39 is 38.6 Å². The summed E-state index contributed by atoms with van der Waals surface area (Å²) in [5.41, 5.74) is -3.95. The molecule has 0 radical (unpaired) electrons. The molecule has 1 aromatic heterocycles. The zero-order valence-corrected chi connectivity index (χ0v) is 15.4. The van der Waals surface area contributed by atoms with Crippen LogP contribution in [-0.4, -0.2) is 46.8 Å². The third-order valence-corrected chi connectivity index (χ3v) is 5.26. The second-order valence-electron chi connectivity index (χ2n) is 6.13. The summed E-state index contributed by atoms with van der Waals surface area (Å²) in [6, 6.07) is 3.95. The van der Waals surface area contributed by atoms with Gasteiger partial charge in [0.15, 0.2) is 5.69 Å². The predicted molar refractivity (Wildman–Crippen MR) is 97.2 cm³/mol. The van der Waals surface area contributed by atoms with Crippen LogP contribution in [0.15, 0.2) is 29.6 Å². The molecule has 1 amide bonds. The number of carbonyl (C=O) groups is 1. The predicted octanol–water partition coefficient (Wildman–Crippen LogP) is 3.55. The lowest BCUT2D eigenvalue weighted by Gasteiger charge is -2.35. The van der Waals surface area contributed by atoms with Gasteiger partial charge >= 0.3 is 6.18 Å². The number of rotatable bonds is 4. The molecule has 1 fully saturated rings. The van der Waals surface area contributed by atoms with E-state index in [0.717, 1.165) is 0 Å². The summed E-state index contributed by atoms with van der Waals surface area (Å²) in [5, 5.41) is 24.5. The molecule has 2 aromatic rings. The molecule has 1 aromatic carbocycles. The van der Waals surface area contributed by atoms with Gasteiger partial charge in [-0.1, -0.05) is 6.07 Å². The summed E-state index contributed by atoms with van der Waals surface area (Å²) in [6.45, 7) is 0.243. The topological polar surface area (TPSA) is 110 Å². The number of nitro benzene ring substituents is 2. The smallest absolute Gasteiger partial charge is 0.357 e. The summed E-state index contributed by atoms with van der Waals surface area (Å²) in [7, 11) is 0. The van der Waals surface area contributed by atoms with Gasteiger partial charge in [-0.3, -0.25) is 25.0 Å². The minimum absolute atomic E-state index is 0.00413. The molecule has 1 aliphatic heterocycles. The number of amides is 1. The third-order valence-electron chi connectivity index (χ3n) is 4.41. The number of nitro groups is 2. The number of alkyl halides is 3. The Morgan fingerprint density at radius 2 is 1.59 bits per heavy atom. The van der Waals surface area contributed by atoms with Crippen molar-refractivity contribution in [1.29, 1.82) is 0 Å². The molecule has 9 nitrogen and oxygen atoms in total. The van der Waals surface area contributed by atoms with Crippen LogP contribution in [0.2, 0.25) is 0 Å². The molecule has 13 heteroatoms. The Morgan fingerprint density at radius 3 is 2.00 bits per heavy atom. The van der Waals surface area contributed by atoms with Gasteiger partial charge < -0.3 is 9.80 Å². The summed E-state index contributed by atoms with van der Waals surface area (Å²) >= 11 is 1.25. The first-order valence-electron chi connectivity index (χ1n) is 8.21. The van der Waals surface area contributed by atoms with Gasteiger partial charge in [-0.25, -0.2) is 0 Å². The molecule has 0 N–H and O–H groups in total. The maximum absolute atomic E-state index is 13.0. The normalized spacial score (nSPS) is 14.7. The Bertz CT molecular complexity index is 921. The van der Waals surface area contributed by atoms with Gasteiger partial charge in [-0.05, 0) is 11.4 Å². The van der Waals surface area contributed by atoms with Gasteiger partial charge in [0.05, 0.1) is 20.3 Å². The molecular formula is C16H13F3N4O5S. The summed E-state index contributed by atoms with van der Waals surface area (Å²) < 4.78 is 39.1. The molecule has 0 aliphatic carbocycles. The van der Waals surface area contributed by atoms with Crippen molar-refractivity contribution in [3.8, 4) is 0 Å². The number of nitrogens with zero attached hydrogens (tertiary/aromatic N) is 4. The first kappa shape index (κ1) is 20.5. The van der Waals surface area contributed by atoms with Crippen molar-refractivity contribution < 1.29 is 27.8 Å². The van der Waals surface area contributed by atoms with Gasteiger partial charge in [0.1, 0.15) is 0 Å². The number of halogens is 3. The van der Waals surface area contributed by atoms with Crippen LogP contribution in [0, 0.1) is 20.2 Å². The molecular weight excluding hydrogens is 417 g/mol. The van der Waals surface area contributed by atoms with Crippen molar-refractivity contribution >= 4 is 34.3 Å². The number of piperazine rings is 1. The number of hydrogen-bond donors (Lipinski definition) is 0. The number of anilines is 1. The molecule has 29 heavy (non-hydrogen) atoms. The third kappa shape index (κ3) is 4.13. The van der Waals surface area contributed by atoms with E-state index in [-0.39, 0.29) is 32.1 Å². The zero-order chi connectivity index (χ0) is 21.3. The lowest BCUT2D eigenvalue weighted by molar-refractivity contribution is -0.393. The van der Waals surface area contributed by atoms with Gasteiger partial charge in [-0.15, -0.1) is 11.3 Å². The van der Waals surface area contributed by atoms with Crippen molar-refractivity contribution in [2.24, 2.45) is 0 Å². The Kier molecular flexibility index (Phi) is 5.42. The fourth-order valence-electron chi connectivity index (χ4n) is 3.06. The molecule has 0 bridgehead atoms. The van der Waals surface area contributed by atoms with Crippen LogP contribution in [0.5, 0.6) is 0 Å². The monoisotopic (exact) mass is 430 g/mol. The van der Waals surface area contributed by atoms with E-state index in [1.807, 2.05) is 0 Å². The SMILES string of the molecule is O=C(c1cccs1)N1CCN(c2c([N+](=O)[O-])cc(C(F)(F)F)cc2[N+](=O)[O-])CC1. The molecule has 154 valence electrons. The van der Waals surface area contributed by atoms with E-state index in [1.165, 1.54) is 21.1 Å². The fourth-order valence-corrected chi connectivity index (χ4v) is 3.75. The Hall–Kier alpha value is -3.22. The highest BCUT2D eigenvalue weighted by atomic mass is 32.1. The van der Waals surface area contributed by atoms with Gasteiger partial charge in [0.2, 0.25) is 0 Å². The lowest BCUT2D eigenvalue weighted by Crippen LogP contribution is -2.49. The number of benzene rings is 1. The summed E-state index contributed by atoms with van der Waals surface area (Å²) in [4.78, 5) is 36.3. The van der Waals surface area contributed by atoms with Crippen molar-refractivity contribution in [3.05, 3.63) is 60.3 Å². The molecule has 0 unspecified atom stereocenters. The molecule has 0 saturated carbocycles. The second-order valence-corrected chi connectivity index (χ2v) is 7.08. The van der Waals surface area contributed by atoms with Crippen LogP contribution in [0.25, 0.3) is 0 Å². The molecule has 0 spiro atoms. The van der Waals surface area contributed by atoms with Crippen LogP contribution >= 0.6 is 11.3 Å². The minimum atomic E-state index is -4.97. The minimum Gasteiger partial charge on any atom is -0.357 e. The average molecular weight is 430 g/mol. The largest absolute Gasteiger partial charge is 0.416 e. The van der Waals surface area contributed by atoms with Crippen LogP contribution in [0.3, 0.4) is 0 Å². The van der Waals surface area contributed by atoms with Crippen molar-refractivity contribution in [1.82, 2.24) is 4.90 Å². The van der Waals surface area contributed by atoms with E-state index in [1.54, 1.807) is 17.5 Å². The highest BCUT2D eigenvalue weighted by Gasteiger charge is 2.40. The maximum Gasteiger partial charge on any atom is 0.416 e. The first-order valence-corrected chi connectivity index (χ1v) is 9.09. The second kappa shape index (κ2) is 7.66. The van der Waals surface area contributed by atoms with Gasteiger partial charge in [-0.2, -0.15) is 13.2 Å². The Balaban J connectivity index is 1.93. The lowest BCUT2D eigenvalue weighted by atomic mass is 10.1. The number of hydrogen-bond acceptors (Lipinski definition) is 7. The molecule has 1 aliphatic rings. The average Bonchev–Trinajstić information content (AvgIpc) is 3.20. The van der Waals surface area contributed by atoms with Crippen molar-refractivity contribution in [2.45, 2.75) is 6.18 Å². The van der Waals surface area contributed by atoms with Crippen LogP contribution < -0.4 is 4.90 Å². The van der Waals surface area contributed by atoms with Crippen molar-refractivity contribution in [2.75, 3.05) is 31.1 Å². The Labute approximate surface area is 165 Å². The standard InChI is InChI=1S/C16H13F3N4O5S/c17-16(18,19)10-8-11(22(25)26)14(12(9-10)23(27)28)20-3-5-21(6-4-20)15(24)13-2-1-7-29-13/h1-2,7-9H,3-6H2. The van der Waals surface area contributed by atoms with Crippen LogP contribution in [0.1, 0.15) is 15.2 Å². The van der Waals surface area contributed by atoms with E-state index in [9.17, 15) is 38.2 Å². The molecule has 1 saturated heterocycles. The maximum atomic E-state index is 13.0. The summed E-state index contributed by atoms with van der Waals surface area (Å²) in [6.07, 6.45) is -4.97. The van der Waals surface area contributed by atoms with Gasteiger partial charge in [0.25, 0.3) is 17.3 Å². The van der Waals surface area contributed by atoms with E-state index >= 15 is 0 Å². The molecule has 0 atom stereocenters. The fraction of sp³-hybridized carbons (Fsp3) is 0.312. The number of thiophene rings is 1. The molecule has 2 heterocycles. The van der Waals surface area contributed by atoms with E-state index in [2.05, 4.69) is 0 Å². The van der Waals surface area contributed by atoms with Crippen LogP contribution in [0.4, 0.5) is 30.2 Å². The first-order chi connectivity index (χ1) is 13.6. The van der Waals surface area contributed by atoms with Crippen LogP contribution in [-0.2, 0) is 6.18 Å². The quantitative estimate of drug-likeness (QED) is 0.542. The Morgan fingerprint density at radius 1 is 1.03 bits per heavy atom. The summed E-state index contributed by atoms with van der Waals surface area (Å²) in [5.74, 6) is -0.240. The van der Waals surface area contributed by atoms with Crippen molar-refractivity contribution in [3.63, 3.8) is 0 Å². The van der Waals surface area contributed by atoms with E-state index in [0.29, 0.717) is 17.0 Å². The zero-order valence-electron chi connectivity index (χ0n) is 14.6. The van der Waals surface area contributed by atoms with Gasteiger partial charge in [0, 0.05) is 38.3 Å². The van der Waals surface area contributed by atoms with E-state index in [4.69, 9.17) is 0 Å². The molecule has 3 rings (SSSR count). The highest BCUT2D eigenvalue weighted by Crippen LogP contribution is 2.43.